The highest BCUT2D eigenvalue weighted by Gasteiger charge is 2.17. The molecule has 0 saturated carbocycles. The van der Waals surface area contributed by atoms with Gasteiger partial charge in [-0.05, 0) is 37.1 Å². The van der Waals surface area contributed by atoms with Gasteiger partial charge in [0.25, 0.3) is 0 Å². The van der Waals surface area contributed by atoms with E-state index in [4.69, 9.17) is 10.8 Å². The summed E-state index contributed by atoms with van der Waals surface area (Å²) in [5.41, 5.74) is 3.96. The molecule has 2 N–H and O–H groups in total. The van der Waals surface area contributed by atoms with E-state index in [0.717, 1.165) is 17.5 Å². The van der Waals surface area contributed by atoms with E-state index < -0.39 is 0 Å². The van der Waals surface area contributed by atoms with E-state index in [1.807, 2.05) is 42.5 Å². The van der Waals surface area contributed by atoms with Gasteiger partial charge < -0.3 is 10.8 Å². The third-order valence-corrected chi connectivity index (χ3v) is 3.51. The normalized spacial score (nSPS) is 11.8. The maximum absolute atomic E-state index is 8.50. The lowest BCUT2D eigenvalue weighted by atomic mass is 9.86. The van der Waals surface area contributed by atoms with Crippen molar-refractivity contribution in [1.29, 1.82) is 10.8 Å². The maximum atomic E-state index is 8.50. The molecule has 0 aromatic heterocycles. The molecule has 0 aliphatic heterocycles. The van der Waals surface area contributed by atoms with Crippen LogP contribution in [-0.4, -0.2) is 11.9 Å². The van der Waals surface area contributed by atoms with Crippen LogP contribution in [0, 0.1) is 17.7 Å². The Morgan fingerprint density at radius 3 is 2.30 bits per heavy atom. The predicted octanol–water partition coefficient (Wildman–Crippen LogP) is 4.58. The van der Waals surface area contributed by atoms with E-state index in [9.17, 15) is 0 Å². The number of hydrogen-bond acceptors (Lipinski definition) is 2. The molecule has 0 heterocycles. The molecule has 0 fully saturated rings. The second-order valence-electron chi connectivity index (χ2n) is 5.02. The van der Waals surface area contributed by atoms with E-state index in [0.29, 0.717) is 12.1 Å². The average molecular weight is 264 g/mol. The first kappa shape index (κ1) is 14.2. The van der Waals surface area contributed by atoms with Crippen molar-refractivity contribution in [2.75, 3.05) is 0 Å². The average Bonchev–Trinajstić information content (AvgIpc) is 2.49. The topological polar surface area (TPSA) is 47.7 Å². The molecule has 0 bridgehead atoms. The number of hydrogen-bond donors (Lipinski definition) is 2. The Labute approximate surface area is 120 Å². The Morgan fingerprint density at radius 1 is 1.05 bits per heavy atom. The highest BCUT2D eigenvalue weighted by atomic mass is 14.5. The van der Waals surface area contributed by atoms with Crippen LogP contribution in [0.3, 0.4) is 0 Å². The van der Waals surface area contributed by atoms with E-state index >= 15 is 0 Å². The van der Waals surface area contributed by atoms with Crippen LogP contribution in [0.5, 0.6) is 0 Å². The molecule has 1 unspecified atom stereocenters. The van der Waals surface area contributed by atoms with Crippen molar-refractivity contribution in [3.8, 4) is 0 Å². The summed E-state index contributed by atoms with van der Waals surface area (Å²) >= 11 is 0. The molecule has 2 nitrogen and oxygen atoms in total. The SMILES string of the molecule is Cc1ccc(C(=N)C(CCC=N)c2ccccc2)cc1. The molecule has 2 aromatic carbocycles. The molecule has 0 radical (unpaired) electrons. The van der Waals surface area contributed by atoms with Gasteiger partial charge in [0.2, 0.25) is 0 Å². The molecule has 2 aromatic rings. The highest BCUT2D eigenvalue weighted by Crippen LogP contribution is 2.25. The van der Waals surface area contributed by atoms with Crippen LogP contribution in [0.25, 0.3) is 0 Å². The quantitative estimate of drug-likeness (QED) is 0.718. The molecular formula is C18H20N2. The third kappa shape index (κ3) is 3.41. The van der Waals surface area contributed by atoms with E-state index in [-0.39, 0.29) is 5.92 Å². The zero-order valence-corrected chi connectivity index (χ0v) is 11.8. The van der Waals surface area contributed by atoms with Crippen LogP contribution in [0.15, 0.2) is 54.6 Å². The van der Waals surface area contributed by atoms with Crippen molar-refractivity contribution >= 4 is 11.9 Å². The first-order chi connectivity index (χ1) is 9.72. The summed E-state index contributed by atoms with van der Waals surface area (Å²) in [6.45, 7) is 2.05. The summed E-state index contributed by atoms with van der Waals surface area (Å²) in [6.07, 6.45) is 2.94. The lowest BCUT2D eigenvalue weighted by Gasteiger charge is -2.18. The number of benzene rings is 2. The molecule has 1 atom stereocenters. The van der Waals surface area contributed by atoms with Gasteiger partial charge in [-0.1, -0.05) is 60.2 Å². The monoisotopic (exact) mass is 264 g/mol. The van der Waals surface area contributed by atoms with Crippen molar-refractivity contribution in [2.45, 2.75) is 25.7 Å². The van der Waals surface area contributed by atoms with Gasteiger partial charge in [-0.2, -0.15) is 0 Å². The van der Waals surface area contributed by atoms with Gasteiger partial charge in [-0.25, -0.2) is 0 Å². The van der Waals surface area contributed by atoms with Gasteiger partial charge in [0, 0.05) is 11.6 Å². The molecule has 0 saturated heterocycles. The van der Waals surface area contributed by atoms with Gasteiger partial charge >= 0.3 is 0 Å². The summed E-state index contributed by atoms with van der Waals surface area (Å²) < 4.78 is 0. The third-order valence-electron chi connectivity index (χ3n) is 3.51. The van der Waals surface area contributed by atoms with E-state index in [1.165, 1.54) is 11.8 Å². The lowest BCUT2D eigenvalue weighted by molar-refractivity contribution is 0.801. The van der Waals surface area contributed by atoms with Gasteiger partial charge in [0.15, 0.2) is 0 Å². The number of aryl methyl sites for hydroxylation is 1. The summed E-state index contributed by atoms with van der Waals surface area (Å²) in [6, 6.07) is 18.3. The molecule has 0 aliphatic rings. The largest absolute Gasteiger partial charge is 0.313 e. The van der Waals surface area contributed by atoms with E-state index in [1.54, 1.807) is 0 Å². The van der Waals surface area contributed by atoms with Crippen LogP contribution >= 0.6 is 0 Å². The minimum absolute atomic E-state index is 0.0560. The van der Waals surface area contributed by atoms with Crippen LogP contribution in [-0.2, 0) is 0 Å². The molecule has 0 amide bonds. The van der Waals surface area contributed by atoms with Gasteiger partial charge in [-0.15, -0.1) is 0 Å². The fraction of sp³-hybridized carbons (Fsp3) is 0.222. The summed E-state index contributed by atoms with van der Waals surface area (Å²) in [5, 5.41) is 15.7. The van der Waals surface area contributed by atoms with Gasteiger partial charge in [-0.3, -0.25) is 0 Å². The smallest absolute Gasteiger partial charge is 0.0461 e. The van der Waals surface area contributed by atoms with Crippen molar-refractivity contribution in [1.82, 2.24) is 0 Å². The minimum atomic E-state index is 0.0560. The van der Waals surface area contributed by atoms with Crippen molar-refractivity contribution in [2.24, 2.45) is 0 Å². The Hall–Kier alpha value is -2.22. The Bertz CT molecular complexity index is 570. The lowest BCUT2D eigenvalue weighted by Crippen LogP contribution is -2.13. The van der Waals surface area contributed by atoms with Crippen molar-refractivity contribution in [3.05, 3.63) is 71.3 Å². The molecule has 20 heavy (non-hydrogen) atoms. The zero-order valence-electron chi connectivity index (χ0n) is 11.8. The minimum Gasteiger partial charge on any atom is -0.313 e. The van der Waals surface area contributed by atoms with Gasteiger partial charge in [0.05, 0.1) is 0 Å². The number of rotatable bonds is 6. The van der Waals surface area contributed by atoms with Crippen LogP contribution < -0.4 is 0 Å². The second-order valence-corrected chi connectivity index (χ2v) is 5.02. The summed E-state index contributed by atoms with van der Waals surface area (Å²) in [5.74, 6) is 0.0560. The predicted molar refractivity (Wildman–Crippen MR) is 85.2 cm³/mol. The number of nitrogens with one attached hydrogen (secondary N) is 2. The maximum Gasteiger partial charge on any atom is 0.0461 e. The Balaban J connectivity index is 2.28. The fourth-order valence-electron chi connectivity index (χ4n) is 2.35. The van der Waals surface area contributed by atoms with E-state index in [2.05, 4.69) is 19.1 Å². The second kappa shape index (κ2) is 6.80. The highest BCUT2D eigenvalue weighted by molar-refractivity contribution is 6.03. The molecule has 0 spiro atoms. The van der Waals surface area contributed by atoms with Crippen molar-refractivity contribution < 1.29 is 0 Å². The van der Waals surface area contributed by atoms with Crippen LogP contribution in [0.2, 0.25) is 0 Å². The molecule has 102 valence electrons. The van der Waals surface area contributed by atoms with Gasteiger partial charge in [0.1, 0.15) is 0 Å². The van der Waals surface area contributed by atoms with Crippen LogP contribution in [0.4, 0.5) is 0 Å². The zero-order chi connectivity index (χ0) is 14.4. The standard InChI is InChI=1S/C18H20N2/c1-14-9-11-16(12-10-14)18(20)17(8-5-13-19)15-6-3-2-4-7-15/h2-4,6-7,9-13,17,19-20H,5,8H2,1H3. The van der Waals surface area contributed by atoms with Crippen molar-refractivity contribution in [3.63, 3.8) is 0 Å². The Morgan fingerprint density at radius 2 is 1.70 bits per heavy atom. The molecule has 2 heteroatoms. The molecule has 2 rings (SSSR count). The van der Waals surface area contributed by atoms with Crippen LogP contribution in [0.1, 0.15) is 35.4 Å². The Kier molecular flexibility index (Phi) is 4.83. The fourth-order valence-corrected chi connectivity index (χ4v) is 2.35. The molecular weight excluding hydrogens is 244 g/mol. The summed E-state index contributed by atoms with van der Waals surface area (Å²) in [4.78, 5) is 0. The first-order valence-electron chi connectivity index (χ1n) is 6.91. The first-order valence-corrected chi connectivity index (χ1v) is 6.91. The summed E-state index contributed by atoms with van der Waals surface area (Å²) in [7, 11) is 0. The molecule has 0 aliphatic carbocycles.